The van der Waals surface area contributed by atoms with Crippen molar-refractivity contribution >= 4 is 11.7 Å². The van der Waals surface area contributed by atoms with Gasteiger partial charge in [0.05, 0.1) is 12.0 Å². The Kier molecular flexibility index (Phi) is 6.11. The Bertz CT molecular complexity index is 823. The molecule has 0 amide bonds. The maximum Gasteiger partial charge on any atom is 0.346 e. The molecule has 138 valence electrons. The molecular formula is C18H18FNO6. The number of nitro benzene ring substituents is 1. The molecule has 0 aromatic heterocycles. The summed E-state index contributed by atoms with van der Waals surface area (Å²) in [4.78, 5) is 21.4. The maximum absolute atomic E-state index is 13.7. The van der Waals surface area contributed by atoms with E-state index in [9.17, 15) is 19.3 Å². The zero-order valence-electron chi connectivity index (χ0n) is 14.5. The molecule has 0 aliphatic rings. The highest BCUT2D eigenvalue weighted by molar-refractivity contribution is 5.74. The average Bonchev–Trinajstić information content (AvgIpc) is 2.60. The number of nitro groups is 1. The van der Waals surface area contributed by atoms with Crippen LogP contribution in [0.5, 0.6) is 11.5 Å². The van der Waals surface area contributed by atoms with Crippen LogP contribution in [0.3, 0.4) is 0 Å². The number of halogens is 1. The van der Waals surface area contributed by atoms with E-state index >= 15 is 0 Å². The third kappa shape index (κ3) is 4.69. The molecule has 1 atom stereocenters. The third-order valence-corrected chi connectivity index (χ3v) is 3.57. The lowest BCUT2D eigenvalue weighted by molar-refractivity contribution is -0.387. The number of hydrogen-bond acceptors (Lipinski definition) is 6. The van der Waals surface area contributed by atoms with Crippen molar-refractivity contribution in [2.45, 2.75) is 26.6 Å². The van der Waals surface area contributed by atoms with Gasteiger partial charge in [0.25, 0.3) is 0 Å². The van der Waals surface area contributed by atoms with Crippen molar-refractivity contribution in [3.8, 4) is 11.5 Å². The molecule has 0 aliphatic carbocycles. The van der Waals surface area contributed by atoms with Crippen molar-refractivity contribution in [2.75, 3.05) is 7.11 Å². The van der Waals surface area contributed by atoms with Crippen LogP contribution in [-0.4, -0.2) is 24.1 Å². The summed E-state index contributed by atoms with van der Waals surface area (Å²) >= 11 is 0. The van der Waals surface area contributed by atoms with E-state index in [1.165, 1.54) is 13.2 Å². The molecule has 0 bridgehead atoms. The van der Waals surface area contributed by atoms with Gasteiger partial charge in [-0.05, 0) is 31.5 Å². The normalized spacial score (nSPS) is 11.5. The lowest BCUT2D eigenvalue weighted by Gasteiger charge is -2.17. The molecule has 1 unspecified atom stereocenters. The monoisotopic (exact) mass is 363 g/mol. The predicted octanol–water partition coefficient (Wildman–Crippen LogP) is 3.56. The molecule has 2 aromatic rings. The molecule has 0 radical (unpaired) electrons. The Morgan fingerprint density at radius 3 is 2.62 bits per heavy atom. The highest BCUT2D eigenvalue weighted by Gasteiger charge is 2.18. The largest absolute Gasteiger partial charge is 0.489 e. The Labute approximate surface area is 149 Å². The molecule has 0 aliphatic heterocycles. The molecule has 2 aromatic carbocycles. The predicted molar refractivity (Wildman–Crippen MR) is 90.7 cm³/mol. The molecule has 0 heterocycles. The third-order valence-electron chi connectivity index (χ3n) is 3.57. The van der Waals surface area contributed by atoms with Crippen LogP contribution in [0.2, 0.25) is 0 Å². The second kappa shape index (κ2) is 8.28. The smallest absolute Gasteiger partial charge is 0.346 e. The Morgan fingerprint density at radius 2 is 2.00 bits per heavy atom. The summed E-state index contributed by atoms with van der Waals surface area (Å²) in [6.45, 7) is 3.46. The first kappa shape index (κ1) is 19.2. The van der Waals surface area contributed by atoms with Crippen LogP contribution < -0.4 is 9.47 Å². The fourth-order valence-corrected chi connectivity index (χ4v) is 2.18. The number of methoxy groups -OCH3 is 1. The minimum Gasteiger partial charge on any atom is -0.489 e. The number of carbonyl (C=O) groups is 1. The second-order valence-electron chi connectivity index (χ2n) is 5.55. The first-order valence-electron chi connectivity index (χ1n) is 7.72. The van der Waals surface area contributed by atoms with Gasteiger partial charge in [-0.25, -0.2) is 4.79 Å². The van der Waals surface area contributed by atoms with Crippen LogP contribution in [-0.2, 0) is 16.1 Å². The fourth-order valence-electron chi connectivity index (χ4n) is 2.18. The molecular weight excluding hydrogens is 345 g/mol. The van der Waals surface area contributed by atoms with Gasteiger partial charge in [0.1, 0.15) is 18.1 Å². The molecule has 0 fully saturated rings. The molecule has 26 heavy (non-hydrogen) atoms. The highest BCUT2D eigenvalue weighted by Crippen LogP contribution is 2.26. The highest BCUT2D eigenvalue weighted by atomic mass is 19.1. The van der Waals surface area contributed by atoms with Crippen molar-refractivity contribution < 1.29 is 28.3 Å². The Morgan fingerprint density at radius 1 is 1.27 bits per heavy atom. The van der Waals surface area contributed by atoms with Crippen LogP contribution in [0.25, 0.3) is 0 Å². The van der Waals surface area contributed by atoms with Gasteiger partial charge in [0, 0.05) is 17.7 Å². The number of hydrogen-bond donors (Lipinski definition) is 0. The number of esters is 1. The molecule has 0 saturated heterocycles. The first-order chi connectivity index (χ1) is 12.3. The molecule has 7 nitrogen and oxygen atoms in total. The second-order valence-corrected chi connectivity index (χ2v) is 5.55. The standard InChI is InChI=1S/C18H18FNO6/c1-11-4-5-13(17(8-11)26-12(2)18(21)24-3)10-25-14-6-7-16(20(22)23)15(19)9-14/h4-9,12H,10H2,1-3H3. The van der Waals surface area contributed by atoms with Crippen molar-refractivity contribution in [1.29, 1.82) is 0 Å². The van der Waals surface area contributed by atoms with E-state index in [0.717, 1.165) is 17.7 Å². The van der Waals surface area contributed by atoms with Gasteiger partial charge < -0.3 is 14.2 Å². The Hall–Kier alpha value is -3.16. The maximum atomic E-state index is 13.7. The van der Waals surface area contributed by atoms with Crippen molar-refractivity contribution in [3.05, 3.63) is 63.5 Å². The summed E-state index contributed by atoms with van der Waals surface area (Å²) in [5.74, 6) is -0.922. The molecule has 0 spiro atoms. The number of ether oxygens (including phenoxy) is 3. The quantitative estimate of drug-likeness (QED) is 0.425. The van der Waals surface area contributed by atoms with E-state index in [0.29, 0.717) is 11.3 Å². The van der Waals surface area contributed by atoms with E-state index in [1.807, 2.05) is 13.0 Å². The van der Waals surface area contributed by atoms with Gasteiger partial charge in [-0.15, -0.1) is 0 Å². The number of nitrogens with zero attached hydrogens (tertiary/aromatic N) is 1. The zero-order valence-corrected chi connectivity index (χ0v) is 14.5. The van der Waals surface area contributed by atoms with Gasteiger partial charge in [0.15, 0.2) is 6.10 Å². The molecule has 2 rings (SSSR count). The zero-order chi connectivity index (χ0) is 19.3. The lowest BCUT2D eigenvalue weighted by atomic mass is 10.1. The minimum atomic E-state index is -0.979. The SMILES string of the molecule is COC(=O)C(C)Oc1cc(C)ccc1COc1ccc([N+](=O)[O-])c(F)c1. The van der Waals surface area contributed by atoms with Crippen molar-refractivity contribution in [2.24, 2.45) is 0 Å². The molecule has 0 saturated carbocycles. The minimum absolute atomic E-state index is 0.0285. The van der Waals surface area contributed by atoms with Crippen molar-refractivity contribution in [3.63, 3.8) is 0 Å². The summed E-state index contributed by atoms with van der Waals surface area (Å²) in [6, 6.07) is 8.64. The number of rotatable bonds is 7. The van der Waals surface area contributed by atoms with Crippen LogP contribution in [0.1, 0.15) is 18.1 Å². The molecule has 8 heteroatoms. The van der Waals surface area contributed by atoms with E-state index in [-0.39, 0.29) is 12.4 Å². The van der Waals surface area contributed by atoms with E-state index in [4.69, 9.17) is 9.47 Å². The summed E-state index contributed by atoms with van der Waals surface area (Å²) in [6.07, 6.45) is -0.808. The van der Waals surface area contributed by atoms with Gasteiger partial charge >= 0.3 is 11.7 Å². The van der Waals surface area contributed by atoms with E-state index in [1.54, 1.807) is 19.1 Å². The summed E-state index contributed by atoms with van der Waals surface area (Å²) in [7, 11) is 1.27. The number of carbonyl (C=O) groups excluding carboxylic acids is 1. The van der Waals surface area contributed by atoms with Gasteiger partial charge in [-0.2, -0.15) is 4.39 Å². The lowest BCUT2D eigenvalue weighted by Crippen LogP contribution is -2.25. The van der Waals surface area contributed by atoms with Crippen LogP contribution in [0.4, 0.5) is 10.1 Å². The average molecular weight is 363 g/mol. The van der Waals surface area contributed by atoms with Crippen LogP contribution >= 0.6 is 0 Å². The fraction of sp³-hybridized carbons (Fsp3) is 0.278. The first-order valence-corrected chi connectivity index (χ1v) is 7.72. The van der Waals surface area contributed by atoms with Crippen molar-refractivity contribution in [1.82, 2.24) is 0 Å². The van der Waals surface area contributed by atoms with E-state index < -0.39 is 28.5 Å². The topological polar surface area (TPSA) is 87.9 Å². The summed E-state index contributed by atoms with van der Waals surface area (Å²) < 4.78 is 29.4. The number of benzene rings is 2. The summed E-state index contributed by atoms with van der Waals surface area (Å²) in [5, 5.41) is 10.6. The van der Waals surface area contributed by atoms with Crippen LogP contribution in [0, 0.1) is 22.9 Å². The van der Waals surface area contributed by atoms with Gasteiger partial charge in [0.2, 0.25) is 5.82 Å². The number of aryl methyl sites for hydroxylation is 1. The molecule has 0 N–H and O–H groups in total. The van der Waals surface area contributed by atoms with E-state index in [2.05, 4.69) is 4.74 Å². The Balaban J connectivity index is 2.15. The van der Waals surface area contributed by atoms with Gasteiger partial charge in [-0.3, -0.25) is 10.1 Å². The van der Waals surface area contributed by atoms with Gasteiger partial charge in [-0.1, -0.05) is 12.1 Å². The summed E-state index contributed by atoms with van der Waals surface area (Å²) in [5.41, 5.74) is 0.927. The van der Waals surface area contributed by atoms with Crippen LogP contribution in [0.15, 0.2) is 36.4 Å².